The van der Waals surface area contributed by atoms with E-state index in [1.54, 1.807) is 54.6 Å². The van der Waals surface area contributed by atoms with Crippen LogP contribution in [0.4, 0.5) is 39.5 Å². The van der Waals surface area contributed by atoms with Gasteiger partial charge in [-0.2, -0.15) is 4.39 Å². The van der Waals surface area contributed by atoms with Gasteiger partial charge in [-0.1, -0.05) is 461 Å². The molecule has 0 unspecified atom stereocenters. The highest BCUT2D eigenvalue weighted by Crippen LogP contribution is 2.39. The fourth-order valence-electron chi connectivity index (χ4n) is 18.0. The molecule has 12 rings (SSSR count). The van der Waals surface area contributed by atoms with Gasteiger partial charge in [-0.05, 0) is 204 Å². The molecule has 0 fully saturated rings. The monoisotopic (exact) mass is 1930 g/mol. The second-order valence-electron chi connectivity index (χ2n) is 38.3. The van der Waals surface area contributed by atoms with Gasteiger partial charge in [0.15, 0.2) is 46.5 Å². The van der Waals surface area contributed by atoms with Crippen molar-refractivity contribution in [1.29, 1.82) is 0 Å². The first-order chi connectivity index (χ1) is 68.9. The zero-order chi connectivity index (χ0) is 100. The molecule has 758 valence electrons. The maximum Gasteiger partial charge on any atom is 0.201 e. The van der Waals surface area contributed by atoms with E-state index in [0.717, 1.165) is 129 Å². The molecule has 0 aromatic heterocycles. The summed E-state index contributed by atoms with van der Waals surface area (Å²) in [7, 11) is 0. The Bertz CT molecular complexity index is 5460. The van der Waals surface area contributed by atoms with Crippen LogP contribution in [0.25, 0.3) is 89.0 Å². The van der Waals surface area contributed by atoms with E-state index >= 15 is 13.2 Å². The molecular weight excluding hydrogens is 1770 g/mol. The van der Waals surface area contributed by atoms with Crippen LogP contribution in [0.3, 0.4) is 0 Å². The summed E-state index contributed by atoms with van der Waals surface area (Å²) >= 11 is 0. The number of benzene rings is 12. The van der Waals surface area contributed by atoms with E-state index in [4.69, 9.17) is 14.2 Å². The molecule has 0 saturated carbocycles. The zero-order valence-electron chi connectivity index (χ0n) is 86.3. The highest BCUT2D eigenvalue weighted by Gasteiger charge is 2.23. The Hall–Kier alpha value is -10.6. The smallest absolute Gasteiger partial charge is 0.201 e. The average molecular weight is 1930 g/mol. The predicted octanol–water partition coefficient (Wildman–Crippen LogP) is 41.3. The third-order valence-electron chi connectivity index (χ3n) is 26.9. The Balaban J connectivity index is 0.000000210. The standard InChI is InChI=1S/C34H44F2.C33H41F3O.2C31H38F2O/c1-3-5-7-9-10-12-14-16-28-19-23-30(24-20-28)32-26-25-31(33(35)34(32)36)29-21-17-27(18-22-29)15-13-11-8-6-4-2;1-3-5-7-9-11-13-23-37-31-22-21-29(32(35)33(31)36)28-20-19-27(24-30(28)34)26-17-15-25(16-18-26)14-12-10-8-6-4-2;1-3-5-7-8-9-11-23-34-28-20-17-25(18-21-28)24-13-15-26(16-14-24)29-22-19-27(12-10-6-4-2)30(32)31(29)33;1-3-5-7-8-9-11-23-34-27-19-17-26(18-20-27)29-22-21-28(30(32)31(29)33)25-15-13-24(14-16-25)12-10-6-4-2/h17-26H,3-16H2,1-2H3;15-22,24H,3-14,23H2,1-2H3;2*13-22H,3-12,23H2,1-2H3. The molecule has 0 spiro atoms. The fourth-order valence-corrected chi connectivity index (χ4v) is 18.0. The van der Waals surface area contributed by atoms with E-state index in [9.17, 15) is 26.3 Å². The predicted molar refractivity (Wildman–Crippen MR) is 579 cm³/mol. The quantitative estimate of drug-likeness (QED) is 0.0281. The van der Waals surface area contributed by atoms with E-state index < -0.39 is 52.4 Å². The lowest BCUT2D eigenvalue weighted by Crippen LogP contribution is -2.02. The minimum Gasteiger partial charge on any atom is -0.494 e. The van der Waals surface area contributed by atoms with Crippen molar-refractivity contribution < 1.29 is 53.7 Å². The highest BCUT2D eigenvalue weighted by molar-refractivity contribution is 5.76. The lowest BCUT2D eigenvalue weighted by Gasteiger charge is -2.12. The molecule has 3 nitrogen and oxygen atoms in total. The third kappa shape index (κ3) is 38.9. The number of unbranched alkanes of at least 4 members (excludes halogenated alkanes) is 33. The van der Waals surface area contributed by atoms with Crippen molar-refractivity contribution in [3.63, 3.8) is 0 Å². The van der Waals surface area contributed by atoms with Gasteiger partial charge in [0.05, 0.1) is 19.8 Å². The molecule has 0 amide bonds. The second kappa shape index (κ2) is 66.3. The molecule has 0 aliphatic rings. The van der Waals surface area contributed by atoms with Crippen LogP contribution < -0.4 is 14.2 Å². The summed E-state index contributed by atoms with van der Waals surface area (Å²) in [5, 5.41) is 0. The number of hydrogen-bond donors (Lipinski definition) is 0. The van der Waals surface area contributed by atoms with Crippen molar-refractivity contribution >= 4 is 0 Å². The summed E-state index contributed by atoms with van der Waals surface area (Å²) in [6.45, 7) is 19.3. The lowest BCUT2D eigenvalue weighted by atomic mass is 9.96. The van der Waals surface area contributed by atoms with Crippen molar-refractivity contribution in [2.75, 3.05) is 19.8 Å². The number of aryl methyl sites for hydroxylation is 5. The van der Waals surface area contributed by atoms with Crippen LogP contribution in [0.1, 0.15) is 346 Å². The molecule has 0 N–H and O–H groups in total. The zero-order valence-corrected chi connectivity index (χ0v) is 86.3. The van der Waals surface area contributed by atoms with Gasteiger partial charge in [-0.15, -0.1) is 0 Å². The van der Waals surface area contributed by atoms with Gasteiger partial charge in [0.2, 0.25) is 5.82 Å². The van der Waals surface area contributed by atoms with Crippen molar-refractivity contribution in [1.82, 2.24) is 0 Å². The van der Waals surface area contributed by atoms with Crippen LogP contribution in [0.15, 0.2) is 237 Å². The van der Waals surface area contributed by atoms with E-state index in [2.05, 4.69) is 79.7 Å². The summed E-state index contributed by atoms with van der Waals surface area (Å²) in [6.07, 6.45) is 54.0. The molecule has 12 aromatic carbocycles. The van der Waals surface area contributed by atoms with Gasteiger partial charge < -0.3 is 14.2 Å². The molecule has 12 aromatic rings. The summed E-state index contributed by atoms with van der Waals surface area (Å²) in [6, 6.07) is 72.3. The van der Waals surface area contributed by atoms with Crippen molar-refractivity contribution in [2.45, 2.75) is 351 Å². The Labute approximate surface area is 842 Å². The van der Waals surface area contributed by atoms with E-state index in [0.29, 0.717) is 69.7 Å². The SMILES string of the molecule is CCCCCCCCCc1ccc(-c2ccc(-c3ccc(CCCCCCC)cc3)c(F)c2F)cc1.CCCCCCCCOc1ccc(-c2ccc(-c3ccc(CCCCC)c(F)c3F)cc2)cc1.CCCCCCCCOc1ccc(-c2ccc(-c3ccc(CCCCC)cc3)c(F)c2F)cc1.CCCCCCCCOc1ccc(-c2ccc(-c3ccc(CCCCCCC)cc3)cc2F)c(F)c1F. The first kappa shape index (κ1) is 114. The van der Waals surface area contributed by atoms with E-state index in [1.807, 2.05) is 133 Å². The first-order valence-electron chi connectivity index (χ1n) is 54.2. The third-order valence-corrected chi connectivity index (χ3v) is 26.9. The Morgan fingerprint density at radius 1 is 0.163 bits per heavy atom. The summed E-state index contributed by atoms with van der Waals surface area (Å²) in [5.74, 6) is -5.87. The lowest BCUT2D eigenvalue weighted by molar-refractivity contribution is 0.285. The largest absolute Gasteiger partial charge is 0.494 e. The van der Waals surface area contributed by atoms with Crippen LogP contribution in [0.2, 0.25) is 0 Å². The van der Waals surface area contributed by atoms with E-state index in [-0.39, 0.29) is 22.4 Å². The molecule has 141 heavy (non-hydrogen) atoms. The fraction of sp³-hybridized carbons (Fsp3) is 0.442. The normalized spacial score (nSPS) is 11.1. The summed E-state index contributed by atoms with van der Waals surface area (Å²) < 4.78 is 151. The molecule has 0 aliphatic carbocycles. The molecule has 0 saturated heterocycles. The molecule has 0 aliphatic heterocycles. The number of hydrogen-bond acceptors (Lipinski definition) is 3. The number of rotatable bonds is 60. The molecule has 0 atom stereocenters. The Morgan fingerprint density at radius 3 is 0.723 bits per heavy atom. The summed E-state index contributed by atoms with van der Waals surface area (Å²) in [5.41, 5.74) is 14.1. The molecule has 0 bridgehead atoms. The summed E-state index contributed by atoms with van der Waals surface area (Å²) in [4.78, 5) is 0. The maximum atomic E-state index is 15.1. The van der Waals surface area contributed by atoms with Crippen molar-refractivity contribution in [3.05, 3.63) is 317 Å². The minimum atomic E-state index is -1.09. The van der Waals surface area contributed by atoms with E-state index in [1.165, 1.54) is 252 Å². The van der Waals surface area contributed by atoms with Crippen molar-refractivity contribution in [3.8, 4) is 106 Å². The van der Waals surface area contributed by atoms with Gasteiger partial charge in [0.1, 0.15) is 17.3 Å². The minimum absolute atomic E-state index is 0.0336. The Kier molecular flexibility index (Phi) is 53.6. The van der Waals surface area contributed by atoms with Gasteiger partial charge in [-0.3, -0.25) is 0 Å². The molecular formula is C129H161F9O3. The molecule has 0 radical (unpaired) electrons. The highest BCUT2D eigenvalue weighted by atomic mass is 19.2. The van der Waals surface area contributed by atoms with Gasteiger partial charge in [0.25, 0.3) is 0 Å². The Morgan fingerprint density at radius 2 is 0.383 bits per heavy atom. The van der Waals surface area contributed by atoms with Gasteiger partial charge in [0, 0.05) is 38.9 Å². The second-order valence-corrected chi connectivity index (χ2v) is 38.3. The number of halogens is 9. The van der Waals surface area contributed by atoms with Crippen molar-refractivity contribution in [2.24, 2.45) is 0 Å². The van der Waals surface area contributed by atoms with Crippen LogP contribution in [-0.4, -0.2) is 19.8 Å². The average Bonchev–Trinajstić information content (AvgIpc) is 0.802. The van der Waals surface area contributed by atoms with Crippen LogP contribution in [0, 0.1) is 52.4 Å². The number of ether oxygens (including phenoxy) is 3. The molecule has 12 heteroatoms. The topological polar surface area (TPSA) is 27.7 Å². The van der Waals surface area contributed by atoms with Gasteiger partial charge >= 0.3 is 0 Å². The molecule has 0 heterocycles. The first-order valence-corrected chi connectivity index (χ1v) is 54.2. The maximum absolute atomic E-state index is 15.1. The van der Waals surface area contributed by atoms with Gasteiger partial charge in [-0.25, -0.2) is 35.1 Å². The van der Waals surface area contributed by atoms with Crippen LogP contribution in [0.5, 0.6) is 17.2 Å². The van der Waals surface area contributed by atoms with Crippen LogP contribution in [-0.2, 0) is 32.1 Å². The van der Waals surface area contributed by atoms with Crippen LogP contribution >= 0.6 is 0 Å².